The molecule has 6 nitrogen and oxygen atoms in total. The summed E-state index contributed by atoms with van der Waals surface area (Å²) in [6, 6.07) is 0. The molecule has 13 heavy (non-hydrogen) atoms. The summed E-state index contributed by atoms with van der Waals surface area (Å²) in [4.78, 5) is 18.6. The number of nitrogens with two attached hydrogens (primary N) is 1. The van der Waals surface area contributed by atoms with E-state index in [9.17, 15) is 4.79 Å². The second-order valence-electron chi connectivity index (χ2n) is 3.00. The predicted molar refractivity (Wildman–Crippen MR) is 47.9 cm³/mol. The van der Waals surface area contributed by atoms with E-state index in [0.717, 1.165) is 25.9 Å². The van der Waals surface area contributed by atoms with E-state index in [1.54, 1.807) is 0 Å². The minimum absolute atomic E-state index is 0.0282. The first-order valence-electron chi connectivity index (χ1n) is 4.24. The topological polar surface area (TPSA) is 77.0 Å². The summed E-state index contributed by atoms with van der Waals surface area (Å²) in [5.41, 5.74) is 4.92. The van der Waals surface area contributed by atoms with Crippen molar-refractivity contribution in [1.82, 2.24) is 14.6 Å². The lowest BCUT2D eigenvalue weighted by molar-refractivity contribution is 0.608. The molecule has 1 aliphatic heterocycles. The van der Waals surface area contributed by atoms with Gasteiger partial charge in [-0.15, -0.1) is 0 Å². The van der Waals surface area contributed by atoms with Gasteiger partial charge >= 0.3 is 5.69 Å². The average Bonchev–Trinajstić information content (AvgIpc) is 2.56. The van der Waals surface area contributed by atoms with E-state index in [0.29, 0.717) is 0 Å². The SMILES string of the molecule is Nc1ncn(N2CCCC2)c(=O)n1. The normalized spacial score (nSPS) is 16.5. The van der Waals surface area contributed by atoms with Gasteiger partial charge in [0.05, 0.1) is 0 Å². The third kappa shape index (κ3) is 1.47. The van der Waals surface area contributed by atoms with Gasteiger partial charge in [0.2, 0.25) is 5.95 Å². The largest absolute Gasteiger partial charge is 0.370 e. The highest BCUT2D eigenvalue weighted by atomic mass is 16.2. The number of nitrogens with zero attached hydrogens (tertiary/aromatic N) is 4. The number of nitrogen functional groups attached to an aromatic ring is 1. The number of hydrogen-bond donors (Lipinski definition) is 1. The van der Waals surface area contributed by atoms with Gasteiger partial charge in [-0.1, -0.05) is 0 Å². The molecule has 2 heterocycles. The van der Waals surface area contributed by atoms with Gasteiger partial charge in [-0.05, 0) is 12.8 Å². The molecule has 0 unspecified atom stereocenters. The summed E-state index contributed by atoms with van der Waals surface area (Å²) < 4.78 is 1.42. The maximum atomic E-state index is 11.3. The van der Waals surface area contributed by atoms with E-state index in [1.165, 1.54) is 11.0 Å². The maximum absolute atomic E-state index is 11.3. The zero-order chi connectivity index (χ0) is 9.26. The van der Waals surface area contributed by atoms with Crippen molar-refractivity contribution in [2.45, 2.75) is 12.8 Å². The van der Waals surface area contributed by atoms with Gasteiger partial charge in [0.15, 0.2) is 0 Å². The molecule has 0 atom stereocenters. The summed E-state index contributed by atoms with van der Waals surface area (Å²) >= 11 is 0. The van der Waals surface area contributed by atoms with Gasteiger partial charge in [0.25, 0.3) is 0 Å². The molecule has 0 spiro atoms. The fourth-order valence-electron chi connectivity index (χ4n) is 1.45. The molecule has 1 aromatic rings. The number of rotatable bonds is 1. The van der Waals surface area contributed by atoms with Gasteiger partial charge < -0.3 is 10.7 Å². The minimum Gasteiger partial charge on any atom is -0.368 e. The van der Waals surface area contributed by atoms with Crippen LogP contribution >= 0.6 is 0 Å². The molecule has 70 valence electrons. The Morgan fingerprint density at radius 1 is 1.38 bits per heavy atom. The van der Waals surface area contributed by atoms with E-state index in [1.807, 2.05) is 5.01 Å². The number of anilines is 1. The van der Waals surface area contributed by atoms with Gasteiger partial charge in [0, 0.05) is 13.1 Å². The molecule has 1 aromatic heterocycles. The lowest BCUT2D eigenvalue weighted by atomic mass is 10.4. The Morgan fingerprint density at radius 2 is 2.08 bits per heavy atom. The Hall–Kier alpha value is -1.59. The molecule has 0 saturated carbocycles. The quantitative estimate of drug-likeness (QED) is 0.598. The smallest absolute Gasteiger partial charge is 0.368 e. The summed E-state index contributed by atoms with van der Waals surface area (Å²) in [6.07, 6.45) is 3.64. The molecule has 1 saturated heterocycles. The van der Waals surface area contributed by atoms with Crippen molar-refractivity contribution in [2.24, 2.45) is 0 Å². The molecule has 2 rings (SSSR count). The van der Waals surface area contributed by atoms with E-state index in [2.05, 4.69) is 9.97 Å². The zero-order valence-electron chi connectivity index (χ0n) is 7.18. The molecule has 0 radical (unpaired) electrons. The maximum Gasteiger partial charge on any atom is 0.370 e. The highest BCUT2D eigenvalue weighted by Gasteiger charge is 2.13. The fraction of sp³-hybridized carbons (Fsp3) is 0.571. The van der Waals surface area contributed by atoms with Crippen LogP contribution in [0, 0.1) is 0 Å². The molecular formula is C7H11N5O. The van der Waals surface area contributed by atoms with Crippen molar-refractivity contribution in [2.75, 3.05) is 23.8 Å². The number of aromatic nitrogens is 3. The highest BCUT2D eigenvalue weighted by Crippen LogP contribution is 2.03. The molecular weight excluding hydrogens is 170 g/mol. The Balaban J connectivity index is 2.34. The Labute approximate surface area is 75.0 Å². The van der Waals surface area contributed by atoms with Crippen molar-refractivity contribution < 1.29 is 0 Å². The van der Waals surface area contributed by atoms with Crippen molar-refractivity contribution in [1.29, 1.82) is 0 Å². The van der Waals surface area contributed by atoms with Crippen LogP contribution in [0.5, 0.6) is 0 Å². The lowest BCUT2D eigenvalue weighted by Crippen LogP contribution is -2.41. The second-order valence-corrected chi connectivity index (χ2v) is 3.00. The molecule has 2 N–H and O–H groups in total. The average molecular weight is 181 g/mol. The van der Waals surface area contributed by atoms with Gasteiger partial charge in [-0.3, -0.25) is 0 Å². The molecule has 6 heteroatoms. The van der Waals surface area contributed by atoms with Crippen molar-refractivity contribution in [3.63, 3.8) is 0 Å². The molecule has 1 aliphatic rings. The third-order valence-corrected chi connectivity index (χ3v) is 2.09. The molecule has 0 amide bonds. The van der Waals surface area contributed by atoms with Crippen LogP contribution in [0.2, 0.25) is 0 Å². The standard InChI is InChI=1S/C7H11N5O/c8-6-9-5-12(7(13)10-6)11-3-1-2-4-11/h5H,1-4H2,(H2,8,10,13). The minimum atomic E-state index is -0.352. The van der Waals surface area contributed by atoms with Crippen molar-refractivity contribution >= 4 is 5.95 Å². The van der Waals surface area contributed by atoms with Gasteiger partial charge in [-0.2, -0.15) is 9.66 Å². The van der Waals surface area contributed by atoms with Crippen LogP contribution in [0.1, 0.15) is 12.8 Å². The van der Waals surface area contributed by atoms with Crippen LogP contribution in [0.15, 0.2) is 11.1 Å². The third-order valence-electron chi connectivity index (χ3n) is 2.09. The van der Waals surface area contributed by atoms with E-state index < -0.39 is 0 Å². The van der Waals surface area contributed by atoms with Crippen LogP contribution < -0.4 is 16.4 Å². The van der Waals surface area contributed by atoms with Crippen LogP contribution in [0.25, 0.3) is 0 Å². The van der Waals surface area contributed by atoms with Crippen molar-refractivity contribution in [3.05, 3.63) is 16.8 Å². The van der Waals surface area contributed by atoms with Crippen LogP contribution in [-0.4, -0.2) is 27.7 Å². The summed E-state index contributed by atoms with van der Waals surface area (Å²) in [5.74, 6) is 0.0282. The Morgan fingerprint density at radius 3 is 2.69 bits per heavy atom. The Kier molecular flexibility index (Phi) is 1.88. The van der Waals surface area contributed by atoms with Crippen molar-refractivity contribution in [3.8, 4) is 0 Å². The fourth-order valence-corrected chi connectivity index (χ4v) is 1.45. The molecule has 0 bridgehead atoms. The predicted octanol–water partition coefficient (Wildman–Crippen LogP) is -1.05. The summed E-state index contributed by atoms with van der Waals surface area (Å²) in [7, 11) is 0. The van der Waals surface area contributed by atoms with Crippen LogP contribution in [-0.2, 0) is 0 Å². The first-order chi connectivity index (χ1) is 6.27. The monoisotopic (exact) mass is 181 g/mol. The summed E-state index contributed by atoms with van der Waals surface area (Å²) in [5, 5.41) is 1.92. The van der Waals surface area contributed by atoms with Gasteiger partial charge in [0.1, 0.15) is 6.33 Å². The van der Waals surface area contributed by atoms with Crippen LogP contribution in [0.3, 0.4) is 0 Å². The summed E-state index contributed by atoms with van der Waals surface area (Å²) in [6.45, 7) is 1.76. The van der Waals surface area contributed by atoms with E-state index >= 15 is 0 Å². The highest BCUT2D eigenvalue weighted by molar-refractivity contribution is 5.10. The first-order valence-corrected chi connectivity index (χ1v) is 4.24. The molecule has 0 aromatic carbocycles. The lowest BCUT2D eigenvalue weighted by Gasteiger charge is -2.18. The zero-order valence-corrected chi connectivity index (χ0v) is 7.18. The second kappa shape index (κ2) is 3.04. The first kappa shape index (κ1) is 8.03. The Bertz CT molecular complexity index is 354. The van der Waals surface area contributed by atoms with E-state index in [-0.39, 0.29) is 11.6 Å². The number of hydrogen-bond acceptors (Lipinski definition) is 5. The molecule has 1 fully saturated rings. The molecule has 0 aliphatic carbocycles. The van der Waals surface area contributed by atoms with Gasteiger partial charge in [-0.25, -0.2) is 9.78 Å². The van der Waals surface area contributed by atoms with E-state index in [4.69, 9.17) is 5.73 Å². The van der Waals surface area contributed by atoms with Crippen LogP contribution in [0.4, 0.5) is 5.95 Å².